The maximum absolute atomic E-state index is 12.5. The van der Waals surface area contributed by atoms with Gasteiger partial charge in [-0.15, -0.1) is 0 Å². The highest BCUT2D eigenvalue weighted by atomic mass is 19.1. The summed E-state index contributed by atoms with van der Waals surface area (Å²) in [7, 11) is 0. The van der Waals surface area contributed by atoms with Gasteiger partial charge in [-0.25, -0.2) is 0 Å². The fourth-order valence-corrected chi connectivity index (χ4v) is 1.59. The van der Waals surface area contributed by atoms with Crippen LogP contribution < -0.4 is 0 Å². The Balaban J connectivity index is 2.29. The van der Waals surface area contributed by atoms with Crippen LogP contribution in [0.1, 0.15) is 19.8 Å². The monoisotopic (exact) mass is 175 g/mol. The van der Waals surface area contributed by atoms with Crippen LogP contribution in [0.4, 0.5) is 4.39 Å². The van der Waals surface area contributed by atoms with Crippen molar-refractivity contribution in [2.75, 3.05) is 32.9 Å². The molecule has 2 nitrogen and oxygen atoms in total. The maximum atomic E-state index is 12.5. The van der Waals surface area contributed by atoms with E-state index in [-0.39, 0.29) is 18.7 Å². The average molecular weight is 175 g/mol. The van der Waals surface area contributed by atoms with E-state index >= 15 is 0 Å². The molecule has 0 unspecified atom stereocenters. The lowest BCUT2D eigenvalue weighted by Crippen LogP contribution is -2.40. The Morgan fingerprint density at radius 1 is 1.42 bits per heavy atom. The molecule has 0 radical (unpaired) electrons. The number of alkyl halides is 1. The lowest BCUT2D eigenvalue weighted by molar-refractivity contribution is 0.0809. The summed E-state index contributed by atoms with van der Waals surface area (Å²) in [6, 6.07) is 0. The molecule has 0 amide bonds. The molecule has 1 saturated heterocycles. The van der Waals surface area contributed by atoms with Crippen molar-refractivity contribution in [3.05, 3.63) is 0 Å². The summed E-state index contributed by atoms with van der Waals surface area (Å²) in [5.74, 6) is 0. The van der Waals surface area contributed by atoms with Crippen LogP contribution in [0, 0.1) is 5.41 Å². The minimum absolute atomic E-state index is 0.0913. The number of piperidine rings is 1. The van der Waals surface area contributed by atoms with Crippen LogP contribution in [0.5, 0.6) is 0 Å². The van der Waals surface area contributed by atoms with Crippen molar-refractivity contribution in [2.45, 2.75) is 19.8 Å². The van der Waals surface area contributed by atoms with Crippen molar-refractivity contribution >= 4 is 0 Å². The van der Waals surface area contributed by atoms with E-state index in [4.69, 9.17) is 5.11 Å². The number of likely N-dealkylation sites (tertiary alicyclic amines) is 1. The summed E-state index contributed by atoms with van der Waals surface area (Å²) in [5.41, 5.74) is -0.0913. The van der Waals surface area contributed by atoms with Crippen LogP contribution in [0.3, 0.4) is 0 Å². The van der Waals surface area contributed by atoms with E-state index in [1.807, 2.05) is 6.92 Å². The van der Waals surface area contributed by atoms with E-state index in [1.165, 1.54) is 0 Å². The molecule has 1 aliphatic rings. The largest absolute Gasteiger partial charge is 0.395 e. The molecule has 0 bridgehead atoms. The quantitative estimate of drug-likeness (QED) is 0.693. The molecule has 0 saturated carbocycles. The predicted octanol–water partition coefficient (Wildman–Crippen LogP) is 1.05. The summed E-state index contributed by atoms with van der Waals surface area (Å²) in [6.07, 6.45) is 1.84. The highest BCUT2D eigenvalue weighted by Crippen LogP contribution is 2.30. The van der Waals surface area contributed by atoms with Crippen molar-refractivity contribution < 1.29 is 9.50 Å². The molecule has 0 aromatic rings. The van der Waals surface area contributed by atoms with Crippen molar-refractivity contribution in [3.8, 4) is 0 Å². The second-order valence-electron chi connectivity index (χ2n) is 4.01. The lowest BCUT2D eigenvalue weighted by Gasteiger charge is -2.37. The Bertz CT molecular complexity index is 132. The first kappa shape index (κ1) is 9.93. The van der Waals surface area contributed by atoms with Crippen molar-refractivity contribution in [1.82, 2.24) is 4.90 Å². The number of rotatable bonds is 3. The van der Waals surface area contributed by atoms with E-state index in [0.29, 0.717) is 0 Å². The smallest absolute Gasteiger partial charge is 0.0948 e. The van der Waals surface area contributed by atoms with Gasteiger partial charge in [0.15, 0.2) is 0 Å². The normalized spacial score (nSPS) is 24.2. The third kappa shape index (κ3) is 2.42. The fourth-order valence-electron chi connectivity index (χ4n) is 1.59. The third-order valence-corrected chi connectivity index (χ3v) is 2.80. The molecular weight excluding hydrogens is 157 g/mol. The zero-order valence-corrected chi connectivity index (χ0v) is 7.72. The Morgan fingerprint density at radius 3 is 2.42 bits per heavy atom. The molecular formula is C9H18FNO. The van der Waals surface area contributed by atoms with Gasteiger partial charge in [-0.05, 0) is 31.3 Å². The Morgan fingerprint density at radius 2 is 2.00 bits per heavy atom. The predicted molar refractivity (Wildman–Crippen MR) is 46.8 cm³/mol. The number of aliphatic hydroxyl groups excluding tert-OH is 1. The first-order chi connectivity index (χ1) is 5.70. The van der Waals surface area contributed by atoms with Crippen molar-refractivity contribution in [2.24, 2.45) is 5.41 Å². The summed E-state index contributed by atoms with van der Waals surface area (Å²) >= 11 is 0. The number of hydrogen-bond donors (Lipinski definition) is 1. The van der Waals surface area contributed by atoms with Crippen LogP contribution in [0.25, 0.3) is 0 Å². The Labute approximate surface area is 73.4 Å². The first-order valence-corrected chi connectivity index (χ1v) is 4.59. The van der Waals surface area contributed by atoms with Crippen LogP contribution in [-0.4, -0.2) is 42.9 Å². The van der Waals surface area contributed by atoms with Gasteiger partial charge in [0.25, 0.3) is 0 Å². The van der Waals surface area contributed by atoms with E-state index in [9.17, 15) is 4.39 Å². The van der Waals surface area contributed by atoms with Crippen molar-refractivity contribution in [1.29, 1.82) is 0 Å². The first-order valence-electron chi connectivity index (χ1n) is 4.59. The van der Waals surface area contributed by atoms with E-state index in [2.05, 4.69) is 4.90 Å². The van der Waals surface area contributed by atoms with E-state index in [1.54, 1.807) is 0 Å². The number of aliphatic hydroxyl groups is 1. The molecule has 1 heterocycles. The molecule has 0 aliphatic carbocycles. The SMILES string of the molecule is CC1(CF)CCN(CCO)CC1. The van der Waals surface area contributed by atoms with Gasteiger partial charge in [-0.1, -0.05) is 6.92 Å². The molecule has 72 valence electrons. The van der Waals surface area contributed by atoms with Gasteiger partial charge in [-0.3, -0.25) is 4.39 Å². The second-order valence-corrected chi connectivity index (χ2v) is 4.01. The highest BCUT2D eigenvalue weighted by Gasteiger charge is 2.29. The minimum Gasteiger partial charge on any atom is -0.395 e. The molecule has 0 aromatic carbocycles. The van der Waals surface area contributed by atoms with E-state index < -0.39 is 0 Å². The molecule has 0 aromatic heterocycles. The molecule has 1 N–H and O–H groups in total. The van der Waals surface area contributed by atoms with Crippen LogP contribution >= 0.6 is 0 Å². The fraction of sp³-hybridized carbons (Fsp3) is 1.00. The van der Waals surface area contributed by atoms with E-state index in [0.717, 1.165) is 32.5 Å². The number of hydrogen-bond acceptors (Lipinski definition) is 2. The van der Waals surface area contributed by atoms with Gasteiger partial charge < -0.3 is 10.0 Å². The second kappa shape index (κ2) is 4.19. The molecule has 3 heteroatoms. The summed E-state index contributed by atoms with van der Waals surface area (Å²) in [4.78, 5) is 2.19. The zero-order chi connectivity index (χ0) is 9.03. The number of β-amino-alcohol motifs (C(OH)–C–C–N with tert-alkyl or cyclic N) is 1. The van der Waals surface area contributed by atoms with Gasteiger partial charge in [0.05, 0.1) is 13.3 Å². The van der Waals surface area contributed by atoms with Gasteiger partial charge in [0.1, 0.15) is 0 Å². The van der Waals surface area contributed by atoms with Crippen LogP contribution in [0.2, 0.25) is 0 Å². The Kier molecular flexibility index (Phi) is 3.47. The van der Waals surface area contributed by atoms with Crippen molar-refractivity contribution in [3.63, 3.8) is 0 Å². The highest BCUT2D eigenvalue weighted by molar-refractivity contribution is 4.81. The third-order valence-electron chi connectivity index (χ3n) is 2.80. The molecule has 0 atom stereocenters. The topological polar surface area (TPSA) is 23.5 Å². The van der Waals surface area contributed by atoms with Gasteiger partial charge in [0, 0.05) is 6.54 Å². The number of halogens is 1. The molecule has 1 aliphatic heterocycles. The Hall–Kier alpha value is -0.150. The number of nitrogens with zero attached hydrogens (tertiary/aromatic N) is 1. The summed E-state index contributed by atoms with van der Waals surface area (Å²) in [6.45, 7) is 4.61. The van der Waals surface area contributed by atoms with Crippen LogP contribution in [0.15, 0.2) is 0 Å². The summed E-state index contributed by atoms with van der Waals surface area (Å²) < 4.78 is 12.5. The van der Waals surface area contributed by atoms with Gasteiger partial charge in [0.2, 0.25) is 0 Å². The maximum Gasteiger partial charge on any atom is 0.0948 e. The molecule has 0 spiro atoms. The minimum atomic E-state index is -0.208. The standard InChI is InChI=1S/C9H18FNO/c1-9(8-10)2-4-11(5-3-9)6-7-12/h12H,2-8H2,1H3. The average Bonchev–Trinajstić information content (AvgIpc) is 2.10. The molecule has 12 heavy (non-hydrogen) atoms. The lowest BCUT2D eigenvalue weighted by atomic mass is 9.82. The van der Waals surface area contributed by atoms with Crippen LogP contribution in [-0.2, 0) is 0 Å². The molecule has 1 rings (SSSR count). The molecule has 1 fully saturated rings. The van der Waals surface area contributed by atoms with Gasteiger partial charge in [-0.2, -0.15) is 0 Å². The van der Waals surface area contributed by atoms with Gasteiger partial charge >= 0.3 is 0 Å². The summed E-state index contributed by atoms with van der Waals surface area (Å²) in [5, 5.41) is 8.69. The zero-order valence-electron chi connectivity index (χ0n) is 7.72.